The molecule has 0 aromatic heterocycles. The molecule has 5 nitrogen and oxygen atoms in total. The maximum Gasteiger partial charge on any atom is 0.387 e. The summed E-state index contributed by atoms with van der Waals surface area (Å²) in [7, 11) is 0. The number of ether oxygens (including phenoxy) is 1. The average molecular weight is 354 g/mol. The summed E-state index contributed by atoms with van der Waals surface area (Å²) in [5.74, 6) is 1.48. The van der Waals surface area contributed by atoms with Gasteiger partial charge in [0.2, 0.25) is 0 Å². The molecule has 0 radical (unpaired) electrons. The molecule has 1 atom stereocenters. The van der Waals surface area contributed by atoms with Crippen LogP contribution in [-0.2, 0) is 6.54 Å². The van der Waals surface area contributed by atoms with Crippen LogP contribution in [0.25, 0.3) is 0 Å². The lowest BCUT2D eigenvalue weighted by Gasteiger charge is -2.16. The van der Waals surface area contributed by atoms with E-state index in [0.29, 0.717) is 17.4 Å². The molecule has 0 saturated carbocycles. The second-order valence-corrected chi connectivity index (χ2v) is 6.11. The molecule has 1 aromatic rings. The largest absolute Gasteiger partial charge is 0.434 e. The summed E-state index contributed by atoms with van der Waals surface area (Å²) in [6, 6.07) is 6.76. The summed E-state index contributed by atoms with van der Waals surface area (Å²) in [4.78, 5) is 6.95. The highest BCUT2D eigenvalue weighted by Crippen LogP contribution is 2.21. The number of nitrogens with one attached hydrogen (secondary N) is 2. The zero-order valence-corrected chi connectivity index (χ0v) is 15.0. The van der Waals surface area contributed by atoms with Crippen molar-refractivity contribution in [3.63, 3.8) is 0 Å². The van der Waals surface area contributed by atoms with Gasteiger partial charge in [-0.05, 0) is 38.4 Å². The first kappa shape index (κ1) is 19.4. The zero-order chi connectivity index (χ0) is 18.1. The molecule has 25 heavy (non-hydrogen) atoms. The van der Waals surface area contributed by atoms with Crippen LogP contribution < -0.4 is 15.4 Å². The Morgan fingerprint density at radius 3 is 2.80 bits per heavy atom. The normalized spacial score (nSPS) is 18.6. The molecule has 2 rings (SSSR count). The molecular formula is C18H28F2N4O. The lowest BCUT2D eigenvalue weighted by atomic mass is 10.1. The number of nitrogens with zero attached hydrogens (tertiary/aromatic N) is 2. The average Bonchev–Trinajstić information content (AvgIpc) is 3.06. The minimum Gasteiger partial charge on any atom is -0.434 e. The minimum atomic E-state index is -2.83. The summed E-state index contributed by atoms with van der Waals surface area (Å²) in [5, 5.41) is 6.56. The molecule has 2 N–H and O–H groups in total. The lowest BCUT2D eigenvalue weighted by molar-refractivity contribution is -0.0504. The van der Waals surface area contributed by atoms with Gasteiger partial charge >= 0.3 is 6.61 Å². The Morgan fingerprint density at radius 2 is 2.12 bits per heavy atom. The second kappa shape index (κ2) is 10.2. The molecule has 1 unspecified atom stereocenters. The number of halogens is 2. The van der Waals surface area contributed by atoms with Gasteiger partial charge in [-0.15, -0.1) is 0 Å². The van der Waals surface area contributed by atoms with Gasteiger partial charge in [-0.25, -0.2) is 4.99 Å². The lowest BCUT2D eigenvalue weighted by Crippen LogP contribution is -2.40. The zero-order valence-electron chi connectivity index (χ0n) is 15.0. The summed E-state index contributed by atoms with van der Waals surface area (Å²) < 4.78 is 29.5. The third-order valence-corrected chi connectivity index (χ3v) is 4.32. The van der Waals surface area contributed by atoms with Crippen LogP contribution >= 0.6 is 0 Å². The molecule has 1 aliphatic heterocycles. The highest BCUT2D eigenvalue weighted by Gasteiger charge is 2.21. The fourth-order valence-corrected chi connectivity index (χ4v) is 2.96. The van der Waals surface area contributed by atoms with Crippen LogP contribution in [0.4, 0.5) is 8.78 Å². The fraction of sp³-hybridized carbons (Fsp3) is 0.611. The molecule has 1 aromatic carbocycles. The summed E-state index contributed by atoms with van der Waals surface area (Å²) >= 11 is 0. The third-order valence-electron chi connectivity index (χ3n) is 4.32. The molecule has 1 aliphatic rings. The molecule has 1 heterocycles. The molecule has 7 heteroatoms. The van der Waals surface area contributed by atoms with Crippen molar-refractivity contribution in [3.8, 4) is 5.75 Å². The monoisotopic (exact) mass is 354 g/mol. The Bertz CT molecular complexity index is 554. The highest BCUT2D eigenvalue weighted by molar-refractivity contribution is 5.79. The first-order chi connectivity index (χ1) is 12.1. The third kappa shape index (κ3) is 6.49. The Morgan fingerprint density at radius 1 is 1.32 bits per heavy atom. The number of para-hydroxylation sites is 1. The van der Waals surface area contributed by atoms with E-state index in [9.17, 15) is 8.78 Å². The number of alkyl halides is 2. The Labute approximate surface area is 148 Å². The summed E-state index contributed by atoms with van der Waals surface area (Å²) in [6.45, 7) is 6.57. The van der Waals surface area contributed by atoms with E-state index in [1.54, 1.807) is 18.2 Å². The van der Waals surface area contributed by atoms with Crippen molar-refractivity contribution in [2.24, 2.45) is 10.9 Å². The molecular weight excluding hydrogens is 326 g/mol. The first-order valence-corrected chi connectivity index (χ1v) is 8.89. The Balaban J connectivity index is 1.93. The van der Waals surface area contributed by atoms with Crippen molar-refractivity contribution < 1.29 is 13.5 Å². The smallest absolute Gasteiger partial charge is 0.387 e. The van der Waals surface area contributed by atoms with Gasteiger partial charge in [-0.2, -0.15) is 8.78 Å². The van der Waals surface area contributed by atoms with Crippen LogP contribution in [0.5, 0.6) is 5.75 Å². The van der Waals surface area contributed by atoms with Gasteiger partial charge in [0.15, 0.2) is 5.96 Å². The number of aliphatic imine (C=N–C) groups is 1. The maximum atomic E-state index is 12.5. The van der Waals surface area contributed by atoms with Crippen LogP contribution in [-0.4, -0.2) is 50.2 Å². The van der Waals surface area contributed by atoms with Crippen LogP contribution in [0.15, 0.2) is 29.3 Å². The molecule has 1 fully saturated rings. The van der Waals surface area contributed by atoms with Gasteiger partial charge in [0.25, 0.3) is 0 Å². The van der Waals surface area contributed by atoms with Crippen LogP contribution in [0.1, 0.15) is 25.8 Å². The van der Waals surface area contributed by atoms with Crippen molar-refractivity contribution in [3.05, 3.63) is 29.8 Å². The van der Waals surface area contributed by atoms with Gasteiger partial charge in [-0.1, -0.05) is 25.1 Å². The number of benzene rings is 1. The number of rotatable bonds is 8. The topological polar surface area (TPSA) is 48.9 Å². The molecule has 0 aliphatic carbocycles. The van der Waals surface area contributed by atoms with Gasteiger partial charge in [0, 0.05) is 25.2 Å². The molecule has 0 bridgehead atoms. The van der Waals surface area contributed by atoms with E-state index in [0.717, 1.165) is 32.7 Å². The van der Waals surface area contributed by atoms with Gasteiger partial charge < -0.3 is 20.3 Å². The van der Waals surface area contributed by atoms with E-state index >= 15 is 0 Å². The Kier molecular flexibility index (Phi) is 7.91. The quantitative estimate of drug-likeness (QED) is 0.557. The van der Waals surface area contributed by atoms with E-state index in [4.69, 9.17) is 0 Å². The number of hydrogen-bond acceptors (Lipinski definition) is 3. The molecule has 0 spiro atoms. The second-order valence-electron chi connectivity index (χ2n) is 6.11. The van der Waals surface area contributed by atoms with E-state index in [1.807, 2.05) is 6.92 Å². The van der Waals surface area contributed by atoms with Gasteiger partial charge in [-0.3, -0.25) is 0 Å². The van der Waals surface area contributed by atoms with Gasteiger partial charge in [0.05, 0.1) is 6.54 Å². The van der Waals surface area contributed by atoms with Crippen molar-refractivity contribution in [1.29, 1.82) is 0 Å². The highest BCUT2D eigenvalue weighted by atomic mass is 19.3. The minimum absolute atomic E-state index is 0.173. The van der Waals surface area contributed by atoms with Crippen molar-refractivity contribution in [2.45, 2.75) is 33.4 Å². The summed E-state index contributed by atoms with van der Waals surface area (Å²) in [5.41, 5.74) is 0.637. The number of hydrogen-bond donors (Lipinski definition) is 2. The first-order valence-electron chi connectivity index (χ1n) is 8.89. The predicted octanol–water partition coefficient (Wildman–Crippen LogP) is 2.68. The van der Waals surface area contributed by atoms with Crippen LogP contribution in [0.2, 0.25) is 0 Å². The standard InChI is InChI=1S/C18H28F2N4O/c1-3-21-18(22-11-14-9-10-24(4-2)13-14)23-12-15-7-5-6-8-16(15)25-17(19)20/h5-8,14,17H,3-4,9-13H2,1-2H3,(H2,21,22,23). The fourth-order valence-electron chi connectivity index (χ4n) is 2.96. The molecule has 1 saturated heterocycles. The van der Waals surface area contributed by atoms with Crippen molar-refractivity contribution >= 4 is 5.96 Å². The number of likely N-dealkylation sites (tertiary alicyclic amines) is 1. The SMILES string of the molecule is CCNC(=NCc1ccccc1OC(F)F)NCC1CCN(CC)C1. The summed E-state index contributed by atoms with van der Waals surface area (Å²) in [6.07, 6.45) is 1.19. The van der Waals surface area contributed by atoms with Crippen molar-refractivity contribution in [2.75, 3.05) is 32.7 Å². The predicted molar refractivity (Wildman–Crippen MR) is 96.1 cm³/mol. The van der Waals surface area contributed by atoms with Crippen LogP contribution in [0.3, 0.4) is 0 Å². The maximum absolute atomic E-state index is 12.5. The van der Waals surface area contributed by atoms with Crippen LogP contribution in [0, 0.1) is 5.92 Å². The molecule has 140 valence electrons. The van der Waals surface area contributed by atoms with E-state index in [2.05, 4.69) is 32.2 Å². The van der Waals surface area contributed by atoms with Gasteiger partial charge in [0.1, 0.15) is 5.75 Å². The van der Waals surface area contributed by atoms with E-state index < -0.39 is 6.61 Å². The van der Waals surface area contributed by atoms with E-state index in [-0.39, 0.29) is 12.3 Å². The van der Waals surface area contributed by atoms with E-state index in [1.165, 1.54) is 12.5 Å². The molecule has 0 amide bonds. The Hall–Kier alpha value is -1.89. The number of guanidine groups is 1. The van der Waals surface area contributed by atoms with Crippen molar-refractivity contribution in [1.82, 2.24) is 15.5 Å².